The highest BCUT2D eigenvalue weighted by atomic mass is 35.5. The maximum absolute atomic E-state index is 12.8. The van der Waals surface area contributed by atoms with Crippen molar-refractivity contribution in [3.8, 4) is 0 Å². The molecular formula is C15H10ClF3N2O2S. The van der Waals surface area contributed by atoms with Crippen LogP contribution in [0.4, 0.5) is 18.3 Å². The quantitative estimate of drug-likeness (QED) is 0.625. The number of ketones is 1. The minimum Gasteiger partial charge on any atom is -0.298 e. The third kappa shape index (κ3) is 4.65. The molecule has 1 N–H and O–H groups in total. The molecule has 0 aliphatic heterocycles. The molecule has 0 aliphatic carbocycles. The Balaban J connectivity index is 2.09. The van der Waals surface area contributed by atoms with E-state index in [1.807, 2.05) is 0 Å². The summed E-state index contributed by atoms with van der Waals surface area (Å²) in [5.41, 5.74) is -0.574. The van der Waals surface area contributed by atoms with E-state index in [-0.39, 0.29) is 22.2 Å². The van der Waals surface area contributed by atoms with E-state index in [9.17, 15) is 22.8 Å². The molecule has 24 heavy (non-hydrogen) atoms. The zero-order valence-corrected chi connectivity index (χ0v) is 13.7. The van der Waals surface area contributed by atoms with Gasteiger partial charge in [0.05, 0.1) is 10.6 Å². The molecule has 0 saturated carbocycles. The minimum atomic E-state index is -4.58. The lowest BCUT2D eigenvalue weighted by molar-refractivity contribution is -0.137. The summed E-state index contributed by atoms with van der Waals surface area (Å²) in [7, 11) is 0. The van der Waals surface area contributed by atoms with Crippen LogP contribution >= 0.6 is 22.9 Å². The van der Waals surface area contributed by atoms with E-state index in [2.05, 4.69) is 10.3 Å². The number of amides is 1. The molecule has 4 nitrogen and oxygen atoms in total. The number of alkyl halides is 3. The summed E-state index contributed by atoms with van der Waals surface area (Å²) in [5.74, 6) is -0.814. The first-order chi connectivity index (χ1) is 11.2. The van der Waals surface area contributed by atoms with Crippen LogP contribution in [-0.2, 0) is 11.0 Å². The fourth-order valence-electron chi connectivity index (χ4n) is 1.68. The van der Waals surface area contributed by atoms with E-state index in [1.165, 1.54) is 24.4 Å². The third-order valence-electron chi connectivity index (χ3n) is 2.82. The van der Waals surface area contributed by atoms with Crippen molar-refractivity contribution in [2.24, 2.45) is 0 Å². The number of nitrogens with one attached hydrogen (secondary N) is 1. The van der Waals surface area contributed by atoms with Crippen LogP contribution < -0.4 is 5.32 Å². The lowest BCUT2D eigenvalue weighted by atomic mass is 10.1. The van der Waals surface area contributed by atoms with Crippen molar-refractivity contribution in [1.82, 2.24) is 4.98 Å². The smallest absolute Gasteiger partial charge is 0.298 e. The van der Waals surface area contributed by atoms with Crippen LogP contribution in [0.2, 0.25) is 5.02 Å². The molecular weight excluding hydrogens is 365 g/mol. The molecule has 1 aromatic carbocycles. The zero-order chi connectivity index (χ0) is 17.9. The van der Waals surface area contributed by atoms with Gasteiger partial charge in [0.1, 0.15) is 5.69 Å². The third-order valence-corrected chi connectivity index (χ3v) is 3.91. The number of rotatable bonds is 4. The molecule has 0 bridgehead atoms. The molecule has 0 spiro atoms. The lowest BCUT2D eigenvalue weighted by Crippen LogP contribution is -2.08. The Morgan fingerprint density at radius 2 is 2.04 bits per heavy atom. The number of hydrogen-bond donors (Lipinski definition) is 1. The Morgan fingerprint density at radius 3 is 2.62 bits per heavy atom. The molecule has 1 amide bonds. The Labute approximate surface area is 144 Å². The number of aromatic nitrogens is 1. The van der Waals surface area contributed by atoms with Crippen LogP contribution in [0.3, 0.4) is 0 Å². The Kier molecular flexibility index (Phi) is 5.40. The fraction of sp³-hybridized carbons (Fsp3) is 0.133. The number of anilines is 1. The van der Waals surface area contributed by atoms with Gasteiger partial charge in [-0.05, 0) is 23.8 Å². The highest BCUT2D eigenvalue weighted by molar-refractivity contribution is 7.14. The van der Waals surface area contributed by atoms with Gasteiger partial charge in [0, 0.05) is 18.4 Å². The monoisotopic (exact) mass is 374 g/mol. The van der Waals surface area contributed by atoms with E-state index in [0.717, 1.165) is 29.5 Å². The van der Waals surface area contributed by atoms with E-state index >= 15 is 0 Å². The molecule has 126 valence electrons. The second-order valence-electron chi connectivity index (χ2n) is 4.65. The second-order valence-corrected chi connectivity index (χ2v) is 5.92. The highest BCUT2D eigenvalue weighted by Gasteiger charge is 2.33. The van der Waals surface area contributed by atoms with Crippen LogP contribution in [0, 0.1) is 0 Å². The summed E-state index contributed by atoms with van der Waals surface area (Å²) in [6.07, 6.45) is -2.29. The summed E-state index contributed by atoms with van der Waals surface area (Å²) >= 11 is 6.59. The Morgan fingerprint density at radius 1 is 1.33 bits per heavy atom. The van der Waals surface area contributed by atoms with Crippen molar-refractivity contribution < 1.29 is 22.8 Å². The van der Waals surface area contributed by atoms with Crippen LogP contribution in [0.5, 0.6) is 0 Å². The van der Waals surface area contributed by atoms with Crippen molar-refractivity contribution in [3.63, 3.8) is 0 Å². The summed E-state index contributed by atoms with van der Waals surface area (Å²) in [5, 5.41) is 3.73. The van der Waals surface area contributed by atoms with Crippen molar-refractivity contribution in [2.75, 3.05) is 5.32 Å². The summed E-state index contributed by atoms with van der Waals surface area (Å²) in [4.78, 5) is 26.8. The molecule has 9 heteroatoms. The number of carbonyl (C=O) groups excluding carboxylic acids is 2. The van der Waals surface area contributed by atoms with E-state index in [1.54, 1.807) is 0 Å². The SMILES string of the molecule is CC(=O)c1csc(NC(=O)/C=C\c2ccc(Cl)c(C(F)(F)F)c2)n1. The zero-order valence-electron chi connectivity index (χ0n) is 12.1. The van der Waals surface area contributed by atoms with Gasteiger partial charge in [-0.25, -0.2) is 4.98 Å². The fourth-order valence-corrected chi connectivity index (χ4v) is 2.65. The largest absolute Gasteiger partial charge is 0.417 e. The van der Waals surface area contributed by atoms with E-state index in [4.69, 9.17) is 11.6 Å². The lowest BCUT2D eigenvalue weighted by Gasteiger charge is -2.09. The summed E-state index contributed by atoms with van der Waals surface area (Å²) in [6, 6.07) is 3.32. The van der Waals surface area contributed by atoms with Gasteiger partial charge in [-0.15, -0.1) is 11.3 Å². The first-order valence-electron chi connectivity index (χ1n) is 6.49. The van der Waals surface area contributed by atoms with Crippen molar-refractivity contribution in [3.05, 3.63) is 51.5 Å². The van der Waals surface area contributed by atoms with Crippen LogP contribution in [0.1, 0.15) is 28.5 Å². The number of thiazole rings is 1. The predicted octanol–water partition coefficient (Wildman–Crippen LogP) is 4.67. The van der Waals surface area contributed by atoms with Crippen LogP contribution in [0.25, 0.3) is 6.08 Å². The molecule has 1 heterocycles. The predicted molar refractivity (Wildman–Crippen MR) is 86.2 cm³/mol. The maximum Gasteiger partial charge on any atom is 0.417 e. The average molecular weight is 375 g/mol. The first-order valence-corrected chi connectivity index (χ1v) is 7.75. The molecule has 0 atom stereocenters. The molecule has 0 saturated heterocycles. The van der Waals surface area contributed by atoms with Crippen LogP contribution in [-0.4, -0.2) is 16.7 Å². The van der Waals surface area contributed by atoms with Gasteiger partial charge in [-0.1, -0.05) is 17.7 Å². The normalized spacial score (nSPS) is 11.7. The van der Waals surface area contributed by atoms with E-state index < -0.39 is 22.7 Å². The van der Waals surface area contributed by atoms with Crippen molar-refractivity contribution >= 4 is 45.8 Å². The van der Waals surface area contributed by atoms with Gasteiger partial charge in [0.25, 0.3) is 0 Å². The van der Waals surface area contributed by atoms with Gasteiger partial charge >= 0.3 is 6.18 Å². The Hall–Kier alpha value is -2.19. The number of carbonyl (C=O) groups is 2. The first kappa shape index (κ1) is 18.2. The highest BCUT2D eigenvalue weighted by Crippen LogP contribution is 2.35. The van der Waals surface area contributed by atoms with Gasteiger partial charge < -0.3 is 0 Å². The summed E-state index contributed by atoms with van der Waals surface area (Å²) < 4.78 is 38.3. The van der Waals surface area contributed by atoms with E-state index in [0.29, 0.717) is 0 Å². The number of Topliss-reactive ketones (excluding diaryl/α,β-unsaturated/α-hetero) is 1. The molecule has 2 aromatic rings. The number of halogens is 4. The second kappa shape index (κ2) is 7.14. The van der Waals surface area contributed by atoms with Gasteiger partial charge in [0.15, 0.2) is 10.9 Å². The van der Waals surface area contributed by atoms with Gasteiger partial charge in [0.2, 0.25) is 5.91 Å². The molecule has 0 aliphatic rings. The number of benzene rings is 1. The van der Waals surface area contributed by atoms with Gasteiger partial charge in [-0.2, -0.15) is 13.2 Å². The van der Waals surface area contributed by atoms with Crippen molar-refractivity contribution in [1.29, 1.82) is 0 Å². The minimum absolute atomic E-state index is 0.172. The van der Waals surface area contributed by atoms with Crippen LogP contribution in [0.15, 0.2) is 29.7 Å². The average Bonchev–Trinajstić information content (AvgIpc) is 2.94. The number of hydrogen-bond acceptors (Lipinski definition) is 4. The standard InChI is InChI=1S/C15H10ClF3N2O2S/c1-8(22)12-7-24-14(20-12)21-13(23)5-3-9-2-4-11(16)10(6-9)15(17,18)19/h2-7H,1H3,(H,20,21,23)/b5-3-. The topological polar surface area (TPSA) is 59.1 Å². The summed E-state index contributed by atoms with van der Waals surface area (Å²) in [6.45, 7) is 1.35. The molecule has 0 unspecified atom stereocenters. The maximum atomic E-state index is 12.8. The molecule has 2 rings (SSSR count). The molecule has 1 aromatic heterocycles. The molecule has 0 radical (unpaired) electrons. The van der Waals surface area contributed by atoms with Gasteiger partial charge in [-0.3, -0.25) is 14.9 Å². The van der Waals surface area contributed by atoms with Crippen molar-refractivity contribution in [2.45, 2.75) is 13.1 Å². The molecule has 0 fully saturated rings. The number of nitrogens with zero attached hydrogens (tertiary/aromatic N) is 1. The Bertz CT molecular complexity index is 815.